The van der Waals surface area contributed by atoms with Crippen LogP contribution in [-0.2, 0) is 20.7 Å². The molecule has 2 N–H and O–H groups in total. The van der Waals surface area contributed by atoms with Crippen LogP contribution in [0, 0.1) is 16.0 Å². The summed E-state index contributed by atoms with van der Waals surface area (Å²) in [5.41, 5.74) is 0.160. The van der Waals surface area contributed by atoms with Crippen molar-refractivity contribution in [3.05, 3.63) is 33.9 Å². The van der Waals surface area contributed by atoms with Crippen molar-refractivity contribution in [3.8, 4) is 5.75 Å². The van der Waals surface area contributed by atoms with Gasteiger partial charge in [-0.2, -0.15) is 0 Å². The molecule has 2 atom stereocenters. The molecule has 9 heteroatoms. The Labute approximate surface area is 137 Å². The van der Waals surface area contributed by atoms with Crippen molar-refractivity contribution in [1.29, 1.82) is 0 Å². The lowest BCUT2D eigenvalue weighted by atomic mass is 10.0. The Morgan fingerprint density at radius 3 is 2.83 bits per heavy atom. The predicted octanol–water partition coefficient (Wildman–Crippen LogP) is 0.752. The molecule has 1 fully saturated rings. The summed E-state index contributed by atoms with van der Waals surface area (Å²) in [5.74, 6) is -1.68. The summed E-state index contributed by atoms with van der Waals surface area (Å²) >= 11 is 0. The van der Waals surface area contributed by atoms with Gasteiger partial charge in [-0.3, -0.25) is 14.9 Å². The first kappa shape index (κ1) is 17.7. The van der Waals surface area contributed by atoms with Gasteiger partial charge in [0, 0.05) is 30.7 Å². The minimum absolute atomic E-state index is 0.125. The molecule has 1 heterocycles. The maximum absolute atomic E-state index is 12.1. The highest BCUT2D eigenvalue weighted by Crippen LogP contribution is 2.25. The van der Waals surface area contributed by atoms with Crippen LogP contribution in [0.4, 0.5) is 5.69 Å². The zero-order chi connectivity index (χ0) is 17.7. The number of nitrogens with zero attached hydrogens (tertiary/aromatic N) is 1. The number of rotatable bonds is 7. The lowest BCUT2D eigenvalue weighted by Crippen LogP contribution is -2.45. The topological polar surface area (TPSA) is 128 Å². The van der Waals surface area contributed by atoms with Crippen molar-refractivity contribution in [1.82, 2.24) is 5.32 Å². The van der Waals surface area contributed by atoms with E-state index in [0.29, 0.717) is 24.3 Å². The first-order valence-corrected chi connectivity index (χ1v) is 7.34. The molecule has 1 saturated heterocycles. The number of carbonyl (C=O) groups is 2. The van der Waals surface area contributed by atoms with E-state index >= 15 is 0 Å². The van der Waals surface area contributed by atoms with Crippen LogP contribution < -0.4 is 10.1 Å². The number of carbonyl (C=O) groups excluding carboxylic acids is 1. The molecule has 130 valence electrons. The van der Waals surface area contributed by atoms with Crippen molar-refractivity contribution in [2.24, 2.45) is 5.92 Å². The Bertz CT molecular complexity index is 641. The minimum atomic E-state index is -1.23. The molecular weight excluding hydrogens is 320 g/mol. The average molecular weight is 338 g/mol. The summed E-state index contributed by atoms with van der Waals surface area (Å²) < 4.78 is 10.2. The van der Waals surface area contributed by atoms with Crippen LogP contribution in [0.2, 0.25) is 0 Å². The number of nitrogens with one attached hydrogen (secondary N) is 1. The lowest BCUT2D eigenvalue weighted by Gasteiger charge is -2.18. The van der Waals surface area contributed by atoms with E-state index < -0.39 is 22.8 Å². The van der Waals surface area contributed by atoms with Crippen LogP contribution >= 0.6 is 0 Å². The molecule has 1 aromatic carbocycles. The van der Waals surface area contributed by atoms with Gasteiger partial charge in [-0.05, 0) is 12.5 Å². The molecule has 1 amide bonds. The quantitative estimate of drug-likeness (QED) is 0.554. The second-order valence-electron chi connectivity index (χ2n) is 5.42. The fourth-order valence-electron chi connectivity index (χ4n) is 2.49. The largest absolute Gasteiger partial charge is 0.496 e. The summed E-state index contributed by atoms with van der Waals surface area (Å²) in [4.78, 5) is 33.9. The number of hydrogen-bond acceptors (Lipinski definition) is 6. The fraction of sp³-hybridized carbons (Fsp3) is 0.467. The summed E-state index contributed by atoms with van der Waals surface area (Å²) in [6.07, 6.45) is 0.414. The van der Waals surface area contributed by atoms with E-state index in [1.54, 1.807) is 0 Å². The molecule has 0 bridgehead atoms. The van der Waals surface area contributed by atoms with Gasteiger partial charge in [0.15, 0.2) is 0 Å². The Morgan fingerprint density at radius 1 is 1.54 bits per heavy atom. The lowest BCUT2D eigenvalue weighted by molar-refractivity contribution is -0.384. The molecular formula is C15H18N2O7. The van der Waals surface area contributed by atoms with Gasteiger partial charge in [0.1, 0.15) is 11.8 Å². The monoisotopic (exact) mass is 338 g/mol. The third kappa shape index (κ3) is 4.19. The molecule has 1 aromatic rings. The second kappa shape index (κ2) is 7.73. The number of hydrogen-bond donors (Lipinski definition) is 2. The number of carboxylic acids is 1. The Hall–Kier alpha value is -2.68. The first-order chi connectivity index (χ1) is 11.4. The zero-order valence-electron chi connectivity index (χ0n) is 13.1. The normalized spacial score (nSPS) is 18.0. The van der Waals surface area contributed by atoms with Crippen LogP contribution in [0.1, 0.15) is 12.0 Å². The van der Waals surface area contributed by atoms with Gasteiger partial charge in [0.05, 0.1) is 24.6 Å². The van der Waals surface area contributed by atoms with Gasteiger partial charge in [-0.1, -0.05) is 0 Å². The van der Waals surface area contributed by atoms with Crippen LogP contribution in [0.5, 0.6) is 5.75 Å². The van der Waals surface area contributed by atoms with E-state index in [9.17, 15) is 24.8 Å². The van der Waals surface area contributed by atoms with Gasteiger partial charge >= 0.3 is 5.97 Å². The third-order valence-electron chi connectivity index (χ3n) is 3.81. The van der Waals surface area contributed by atoms with Crippen LogP contribution in [-0.4, -0.2) is 48.3 Å². The smallest absolute Gasteiger partial charge is 0.326 e. The average Bonchev–Trinajstić information content (AvgIpc) is 3.08. The van der Waals surface area contributed by atoms with E-state index in [-0.39, 0.29) is 24.6 Å². The Balaban J connectivity index is 2.17. The number of ether oxygens (including phenoxy) is 2. The van der Waals surface area contributed by atoms with E-state index in [4.69, 9.17) is 9.47 Å². The number of nitro groups is 1. The van der Waals surface area contributed by atoms with Crippen molar-refractivity contribution >= 4 is 17.6 Å². The third-order valence-corrected chi connectivity index (χ3v) is 3.81. The predicted molar refractivity (Wildman–Crippen MR) is 81.8 cm³/mol. The fourth-order valence-corrected chi connectivity index (χ4v) is 2.49. The number of methoxy groups -OCH3 is 1. The van der Waals surface area contributed by atoms with Crippen molar-refractivity contribution in [2.75, 3.05) is 20.3 Å². The van der Waals surface area contributed by atoms with Crippen molar-refractivity contribution in [3.63, 3.8) is 0 Å². The summed E-state index contributed by atoms with van der Waals surface area (Å²) in [6.45, 7) is 0.729. The number of nitro benzene ring substituents is 1. The molecule has 24 heavy (non-hydrogen) atoms. The molecule has 0 unspecified atom stereocenters. The van der Waals surface area contributed by atoms with E-state index in [1.807, 2.05) is 0 Å². The maximum atomic E-state index is 12.1. The van der Waals surface area contributed by atoms with Gasteiger partial charge in [0.2, 0.25) is 5.91 Å². The van der Waals surface area contributed by atoms with E-state index in [1.165, 1.54) is 25.3 Å². The molecule has 0 aromatic heterocycles. The second-order valence-corrected chi connectivity index (χ2v) is 5.42. The Kier molecular flexibility index (Phi) is 5.69. The number of aliphatic carboxylic acids is 1. The van der Waals surface area contributed by atoms with Gasteiger partial charge in [-0.25, -0.2) is 4.79 Å². The SMILES string of the molecule is COc1ccc([N+](=O)[O-])cc1C[C@H](NC(=O)[C@@H]1CCOC1)C(=O)O. The Morgan fingerprint density at radius 2 is 2.29 bits per heavy atom. The molecule has 1 aliphatic rings. The van der Waals surface area contributed by atoms with Gasteiger partial charge < -0.3 is 19.9 Å². The number of benzene rings is 1. The minimum Gasteiger partial charge on any atom is -0.496 e. The molecule has 1 aliphatic heterocycles. The van der Waals surface area contributed by atoms with Crippen LogP contribution in [0.25, 0.3) is 0 Å². The zero-order valence-corrected chi connectivity index (χ0v) is 13.1. The first-order valence-electron chi connectivity index (χ1n) is 7.34. The number of non-ortho nitro benzene ring substituents is 1. The van der Waals surface area contributed by atoms with Crippen molar-refractivity contribution < 1.29 is 29.1 Å². The summed E-state index contributed by atoms with van der Waals surface area (Å²) in [6, 6.07) is 2.71. The van der Waals surface area contributed by atoms with E-state index in [2.05, 4.69) is 5.32 Å². The molecule has 2 rings (SSSR count). The summed E-state index contributed by atoms with van der Waals surface area (Å²) in [7, 11) is 1.38. The summed E-state index contributed by atoms with van der Waals surface area (Å²) in [5, 5.41) is 22.7. The molecule has 0 aliphatic carbocycles. The molecule has 0 spiro atoms. The highest BCUT2D eigenvalue weighted by Gasteiger charge is 2.29. The number of amides is 1. The molecule has 9 nitrogen and oxygen atoms in total. The standard InChI is InChI=1S/C15H18N2O7/c1-23-13-3-2-11(17(21)22)6-10(13)7-12(15(19)20)16-14(18)9-4-5-24-8-9/h2-3,6,9,12H,4-5,7-8H2,1H3,(H,16,18)(H,19,20)/t9-,12+/m1/s1. The van der Waals surface area contributed by atoms with Crippen molar-refractivity contribution in [2.45, 2.75) is 18.9 Å². The van der Waals surface area contributed by atoms with Crippen LogP contribution in [0.15, 0.2) is 18.2 Å². The van der Waals surface area contributed by atoms with Crippen LogP contribution in [0.3, 0.4) is 0 Å². The van der Waals surface area contributed by atoms with Gasteiger partial charge in [-0.15, -0.1) is 0 Å². The molecule has 0 saturated carbocycles. The number of carboxylic acid groups (broad SMARTS) is 1. The highest BCUT2D eigenvalue weighted by molar-refractivity contribution is 5.85. The highest BCUT2D eigenvalue weighted by atomic mass is 16.6. The maximum Gasteiger partial charge on any atom is 0.326 e. The van der Waals surface area contributed by atoms with E-state index in [0.717, 1.165) is 0 Å². The van der Waals surface area contributed by atoms with Gasteiger partial charge in [0.25, 0.3) is 5.69 Å². The molecule has 0 radical (unpaired) electrons.